The van der Waals surface area contributed by atoms with Crippen LogP contribution in [0.2, 0.25) is 0 Å². The van der Waals surface area contributed by atoms with Crippen molar-refractivity contribution < 1.29 is 0 Å². The van der Waals surface area contributed by atoms with Gasteiger partial charge in [-0.25, -0.2) is 0 Å². The first-order valence-electron chi connectivity index (χ1n) is 5.57. The van der Waals surface area contributed by atoms with Crippen LogP contribution in [0.5, 0.6) is 0 Å². The molecule has 0 saturated carbocycles. The van der Waals surface area contributed by atoms with Crippen molar-refractivity contribution in [3.05, 3.63) is 68.6 Å². The Morgan fingerprint density at radius 2 is 1.11 bits per heavy atom. The molecule has 0 bridgehead atoms. The van der Waals surface area contributed by atoms with Crippen LogP contribution >= 0.6 is 31.9 Å². The van der Waals surface area contributed by atoms with Crippen LogP contribution in [-0.2, 0) is 5.54 Å². The lowest BCUT2D eigenvalue weighted by molar-refractivity contribution is 0.551. The van der Waals surface area contributed by atoms with Crippen LogP contribution in [0.4, 0.5) is 0 Å². The standard InChI is InChI=1S/C14H14Br2N2/c15-12-5-1-10(2-6-12)14(18,9-17)11-3-7-13(16)8-4-11/h1-8H,9,17-18H2. The van der Waals surface area contributed by atoms with Crippen LogP contribution in [0.1, 0.15) is 11.1 Å². The van der Waals surface area contributed by atoms with Gasteiger partial charge in [-0.1, -0.05) is 56.1 Å². The third-order valence-corrected chi connectivity index (χ3v) is 4.10. The second-order valence-corrected chi connectivity index (χ2v) is 6.02. The highest BCUT2D eigenvalue weighted by atomic mass is 79.9. The van der Waals surface area contributed by atoms with Crippen molar-refractivity contribution in [2.45, 2.75) is 5.54 Å². The van der Waals surface area contributed by atoms with Gasteiger partial charge in [-0.15, -0.1) is 0 Å². The summed E-state index contributed by atoms with van der Waals surface area (Å²) in [6.45, 7) is 0.357. The zero-order chi connectivity index (χ0) is 13.2. The lowest BCUT2D eigenvalue weighted by atomic mass is 9.84. The van der Waals surface area contributed by atoms with E-state index in [1.54, 1.807) is 0 Å². The quantitative estimate of drug-likeness (QED) is 0.871. The van der Waals surface area contributed by atoms with Crippen molar-refractivity contribution in [2.24, 2.45) is 11.5 Å². The topological polar surface area (TPSA) is 52.0 Å². The summed E-state index contributed by atoms with van der Waals surface area (Å²) in [5.41, 5.74) is 13.8. The molecule has 0 aromatic heterocycles. The Morgan fingerprint density at radius 1 is 0.778 bits per heavy atom. The molecule has 0 aliphatic rings. The summed E-state index contributed by atoms with van der Waals surface area (Å²) in [5.74, 6) is 0. The number of hydrogen-bond donors (Lipinski definition) is 2. The number of halogens is 2. The van der Waals surface area contributed by atoms with E-state index in [-0.39, 0.29) is 0 Å². The molecule has 0 atom stereocenters. The van der Waals surface area contributed by atoms with Crippen molar-refractivity contribution in [3.63, 3.8) is 0 Å². The number of hydrogen-bond acceptors (Lipinski definition) is 2. The van der Waals surface area contributed by atoms with E-state index in [0.29, 0.717) is 6.54 Å². The molecule has 0 aliphatic carbocycles. The largest absolute Gasteiger partial charge is 0.328 e. The fourth-order valence-corrected chi connectivity index (χ4v) is 2.43. The molecule has 0 aliphatic heterocycles. The minimum Gasteiger partial charge on any atom is -0.328 e. The second-order valence-electron chi connectivity index (χ2n) is 4.19. The third-order valence-electron chi connectivity index (χ3n) is 3.04. The average molecular weight is 370 g/mol. The van der Waals surface area contributed by atoms with E-state index in [9.17, 15) is 0 Å². The summed E-state index contributed by atoms with van der Waals surface area (Å²) < 4.78 is 2.06. The van der Waals surface area contributed by atoms with Crippen LogP contribution in [0.3, 0.4) is 0 Å². The highest BCUT2D eigenvalue weighted by molar-refractivity contribution is 9.10. The fourth-order valence-electron chi connectivity index (χ4n) is 1.90. The minimum absolute atomic E-state index is 0.357. The molecule has 4 N–H and O–H groups in total. The van der Waals surface area contributed by atoms with Crippen molar-refractivity contribution >= 4 is 31.9 Å². The van der Waals surface area contributed by atoms with Gasteiger partial charge in [0.25, 0.3) is 0 Å². The van der Waals surface area contributed by atoms with Crippen LogP contribution in [0.15, 0.2) is 57.5 Å². The molecule has 0 radical (unpaired) electrons. The number of benzene rings is 2. The molecular weight excluding hydrogens is 356 g/mol. The molecular formula is C14H14Br2N2. The van der Waals surface area contributed by atoms with Crippen LogP contribution in [0, 0.1) is 0 Å². The van der Waals surface area contributed by atoms with Gasteiger partial charge >= 0.3 is 0 Å². The average Bonchev–Trinajstić information content (AvgIpc) is 2.39. The summed E-state index contributed by atoms with van der Waals surface area (Å²) in [6, 6.07) is 15.9. The van der Waals surface area contributed by atoms with Crippen molar-refractivity contribution in [3.8, 4) is 0 Å². The van der Waals surface area contributed by atoms with Gasteiger partial charge in [0.15, 0.2) is 0 Å². The van der Waals surface area contributed by atoms with E-state index >= 15 is 0 Å². The smallest absolute Gasteiger partial charge is 0.0790 e. The van der Waals surface area contributed by atoms with Crippen LogP contribution < -0.4 is 11.5 Å². The summed E-state index contributed by atoms with van der Waals surface area (Å²) in [4.78, 5) is 0. The fraction of sp³-hybridized carbons (Fsp3) is 0.143. The van der Waals surface area contributed by atoms with Crippen molar-refractivity contribution in [2.75, 3.05) is 6.54 Å². The van der Waals surface area contributed by atoms with Gasteiger partial charge in [0.2, 0.25) is 0 Å². The van der Waals surface area contributed by atoms with E-state index in [4.69, 9.17) is 11.5 Å². The van der Waals surface area contributed by atoms with Crippen molar-refractivity contribution in [1.82, 2.24) is 0 Å². The van der Waals surface area contributed by atoms with E-state index in [1.807, 2.05) is 48.5 Å². The summed E-state index contributed by atoms with van der Waals surface area (Å²) in [7, 11) is 0. The normalized spacial score (nSPS) is 11.6. The molecule has 94 valence electrons. The Morgan fingerprint density at radius 3 is 1.39 bits per heavy atom. The zero-order valence-corrected chi connectivity index (χ0v) is 12.9. The van der Waals surface area contributed by atoms with Gasteiger partial charge in [-0.3, -0.25) is 0 Å². The minimum atomic E-state index is -0.651. The van der Waals surface area contributed by atoms with Gasteiger partial charge < -0.3 is 11.5 Å². The van der Waals surface area contributed by atoms with Gasteiger partial charge in [0.1, 0.15) is 0 Å². The van der Waals surface area contributed by atoms with Gasteiger partial charge in [-0.05, 0) is 35.4 Å². The molecule has 18 heavy (non-hydrogen) atoms. The van der Waals surface area contributed by atoms with Crippen LogP contribution in [-0.4, -0.2) is 6.54 Å². The van der Waals surface area contributed by atoms with E-state index < -0.39 is 5.54 Å². The third kappa shape index (κ3) is 2.67. The molecule has 2 rings (SSSR count). The molecule has 2 aromatic rings. The molecule has 4 heteroatoms. The summed E-state index contributed by atoms with van der Waals surface area (Å²) in [6.07, 6.45) is 0. The highest BCUT2D eigenvalue weighted by Gasteiger charge is 2.27. The predicted molar refractivity (Wildman–Crippen MR) is 82.3 cm³/mol. The first-order valence-corrected chi connectivity index (χ1v) is 7.16. The first-order chi connectivity index (χ1) is 8.56. The van der Waals surface area contributed by atoms with Crippen LogP contribution in [0.25, 0.3) is 0 Å². The molecule has 0 unspecified atom stereocenters. The van der Waals surface area contributed by atoms with E-state index in [1.165, 1.54) is 0 Å². The first kappa shape index (κ1) is 13.7. The summed E-state index contributed by atoms with van der Waals surface area (Å²) in [5, 5.41) is 0. The predicted octanol–water partition coefficient (Wildman–Crippen LogP) is 3.37. The molecule has 0 heterocycles. The monoisotopic (exact) mass is 368 g/mol. The molecule has 0 fully saturated rings. The molecule has 0 saturated heterocycles. The van der Waals surface area contributed by atoms with Gasteiger partial charge in [0.05, 0.1) is 5.54 Å². The highest BCUT2D eigenvalue weighted by Crippen LogP contribution is 2.28. The zero-order valence-electron chi connectivity index (χ0n) is 9.74. The Labute approximate surface area is 124 Å². The molecule has 0 spiro atoms. The van der Waals surface area contributed by atoms with E-state index in [0.717, 1.165) is 20.1 Å². The lowest BCUT2D eigenvalue weighted by Gasteiger charge is -2.29. The number of rotatable bonds is 3. The maximum Gasteiger partial charge on any atom is 0.0790 e. The van der Waals surface area contributed by atoms with Gasteiger partial charge in [0, 0.05) is 15.5 Å². The van der Waals surface area contributed by atoms with Gasteiger partial charge in [-0.2, -0.15) is 0 Å². The maximum absolute atomic E-state index is 6.48. The second kappa shape index (κ2) is 5.53. The molecule has 2 aromatic carbocycles. The molecule has 2 nitrogen and oxygen atoms in total. The summed E-state index contributed by atoms with van der Waals surface area (Å²) >= 11 is 6.84. The Balaban J connectivity index is 2.47. The SMILES string of the molecule is NCC(N)(c1ccc(Br)cc1)c1ccc(Br)cc1. The maximum atomic E-state index is 6.48. The number of nitrogens with two attached hydrogens (primary N) is 2. The van der Waals surface area contributed by atoms with E-state index in [2.05, 4.69) is 31.9 Å². The Kier molecular flexibility index (Phi) is 4.22. The Bertz CT molecular complexity index is 475. The van der Waals surface area contributed by atoms with Crippen molar-refractivity contribution in [1.29, 1.82) is 0 Å². The Hall–Kier alpha value is -0.680. The lowest BCUT2D eigenvalue weighted by Crippen LogP contribution is -2.45. The molecule has 0 amide bonds.